The van der Waals surface area contributed by atoms with Gasteiger partial charge in [0.1, 0.15) is 12.6 Å². The molecule has 0 aliphatic heterocycles. The minimum absolute atomic E-state index is 0.0467. The van der Waals surface area contributed by atoms with Crippen LogP contribution in [0, 0.1) is 6.92 Å². The summed E-state index contributed by atoms with van der Waals surface area (Å²) in [4.78, 5) is 29.6. The van der Waals surface area contributed by atoms with E-state index in [1.165, 1.54) is 4.90 Å². The number of hydrogen-bond acceptors (Lipinski definition) is 4. The quantitative estimate of drug-likeness (QED) is 0.279. The van der Waals surface area contributed by atoms with Crippen LogP contribution in [0.15, 0.2) is 77.3 Å². The zero-order valence-corrected chi connectivity index (χ0v) is 26.4. The molecule has 1 saturated carbocycles. The van der Waals surface area contributed by atoms with Gasteiger partial charge < -0.3 is 10.2 Å². The molecule has 0 saturated heterocycles. The highest BCUT2D eigenvalue weighted by Gasteiger charge is 2.34. The van der Waals surface area contributed by atoms with Crippen LogP contribution in [0.5, 0.6) is 0 Å². The zero-order valence-electron chi connectivity index (χ0n) is 23.2. The number of halogens is 2. The number of sulfonamides is 1. The van der Waals surface area contributed by atoms with Crippen molar-refractivity contribution in [2.45, 2.75) is 57.7 Å². The second kappa shape index (κ2) is 13.9. The fourth-order valence-corrected chi connectivity index (χ4v) is 6.41. The van der Waals surface area contributed by atoms with E-state index in [9.17, 15) is 18.0 Å². The second-order valence-electron chi connectivity index (χ2n) is 10.5. The lowest BCUT2D eigenvalue weighted by Crippen LogP contribution is -2.54. The Balaban J connectivity index is 1.74. The number of benzene rings is 3. The van der Waals surface area contributed by atoms with Crippen LogP contribution in [-0.4, -0.2) is 50.0 Å². The van der Waals surface area contributed by atoms with E-state index in [0.717, 1.165) is 51.8 Å². The van der Waals surface area contributed by atoms with Crippen LogP contribution in [0.25, 0.3) is 0 Å². The minimum Gasteiger partial charge on any atom is -0.352 e. The van der Waals surface area contributed by atoms with Gasteiger partial charge in [-0.1, -0.05) is 88.9 Å². The third-order valence-corrected chi connectivity index (χ3v) is 9.78. The number of carbonyl (C=O) groups is 2. The molecule has 2 amide bonds. The van der Waals surface area contributed by atoms with Gasteiger partial charge >= 0.3 is 0 Å². The van der Waals surface area contributed by atoms with Crippen molar-refractivity contribution in [2.24, 2.45) is 0 Å². The second-order valence-corrected chi connectivity index (χ2v) is 13.7. The van der Waals surface area contributed by atoms with Crippen LogP contribution >= 0.6 is 27.5 Å². The van der Waals surface area contributed by atoms with Crippen molar-refractivity contribution in [1.29, 1.82) is 0 Å². The molecule has 41 heavy (non-hydrogen) atoms. The van der Waals surface area contributed by atoms with Gasteiger partial charge in [-0.25, -0.2) is 8.42 Å². The molecule has 0 bridgehead atoms. The maximum absolute atomic E-state index is 14.2. The van der Waals surface area contributed by atoms with E-state index in [2.05, 4.69) is 21.2 Å². The fraction of sp³-hybridized carbons (Fsp3) is 0.355. The number of rotatable bonds is 11. The average Bonchev–Trinajstić information content (AvgIpc) is 3.44. The largest absolute Gasteiger partial charge is 0.352 e. The molecule has 0 radical (unpaired) electrons. The first kappa shape index (κ1) is 31.1. The lowest BCUT2D eigenvalue weighted by molar-refractivity contribution is -0.140. The van der Waals surface area contributed by atoms with Crippen molar-refractivity contribution in [3.05, 3.63) is 99.0 Å². The topological polar surface area (TPSA) is 86.8 Å². The van der Waals surface area contributed by atoms with Crippen LogP contribution in [0.2, 0.25) is 5.02 Å². The first-order valence-electron chi connectivity index (χ1n) is 13.6. The van der Waals surface area contributed by atoms with E-state index in [0.29, 0.717) is 16.3 Å². The van der Waals surface area contributed by atoms with E-state index in [1.807, 2.05) is 49.4 Å². The van der Waals surface area contributed by atoms with Gasteiger partial charge in [-0.15, -0.1) is 0 Å². The number of hydrogen-bond donors (Lipinski definition) is 1. The Bertz CT molecular complexity index is 1480. The lowest BCUT2D eigenvalue weighted by Gasteiger charge is -2.34. The van der Waals surface area contributed by atoms with Gasteiger partial charge in [0, 0.05) is 28.5 Å². The molecule has 0 unspecified atom stereocenters. The SMILES string of the molecule is Cc1cc(N(CC(=O)N(Cc2ccccc2Cl)[C@H](Cc2ccccc2)C(=O)NC2CCCC2)S(C)(=O)=O)ccc1Br. The molecule has 218 valence electrons. The van der Waals surface area contributed by atoms with Gasteiger partial charge in [0.2, 0.25) is 21.8 Å². The Hall–Kier alpha value is -2.88. The molecule has 1 fully saturated rings. The monoisotopic (exact) mass is 659 g/mol. The van der Waals surface area contributed by atoms with Gasteiger partial charge in [-0.05, 0) is 60.7 Å². The summed E-state index contributed by atoms with van der Waals surface area (Å²) in [7, 11) is -3.84. The molecule has 0 aromatic heterocycles. The minimum atomic E-state index is -3.84. The Kier molecular flexibility index (Phi) is 10.5. The van der Waals surface area contributed by atoms with Crippen molar-refractivity contribution in [1.82, 2.24) is 10.2 Å². The van der Waals surface area contributed by atoms with Gasteiger partial charge in [0.25, 0.3) is 0 Å². The van der Waals surface area contributed by atoms with Crippen molar-refractivity contribution >= 4 is 55.1 Å². The predicted octanol–water partition coefficient (Wildman–Crippen LogP) is 5.88. The van der Waals surface area contributed by atoms with E-state index >= 15 is 0 Å². The summed E-state index contributed by atoms with van der Waals surface area (Å²) in [6, 6.07) is 21.0. The summed E-state index contributed by atoms with van der Waals surface area (Å²) < 4.78 is 27.8. The normalized spacial score (nSPS) is 14.4. The third-order valence-electron chi connectivity index (χ3n) is 7.38. The van der Waals surface area contributed by atoms with Gasteiger partial charge in [-0.3, -0.25) is 13.9 Å². The van der Waals surface area contributed by atoms with Crippen molar-refractivity contribution < 1.29 is 18.0 Å². The molecule has 0 heterocycles. The van der Waals surface area contributed by atoms with E-state index in [1.54, 1.807) is 30.3 Å². The van der Waals surface area contributed by atoms with Crippen molar-refractivity contribution in [3.8, 4) is 0 Å². The molecular formula is C31H35BrClN3O4S. The molecule has 1 atom stereocenters. The highest BCUT2D eigenvalue weighted by molar-refractivity contribution is 9.10. The maximum Gasteiger partial charge on any atom is 0.244 e. The van der Waals surface area contributed by atoms with E-state index in [4.69, 9.17) is 11.6 Å². The maximum atomic E-state index is 14.2. The fourth-order valence-electron chi connectivity index (χ4n) is 5.13. The Morgan fingerprint density at radius 2 is 1.68 bits per heavy atom. The van der Waals surface area contributed by atoms with Gasteiger partial charge in [0.15, 0.2) is 0 Å². The standard InChI is InChI=1S/C31H35BrClN3O4S/c1-22-18-26(16-17-27(22)32)36(41(2,39)40)21-30(37)35(20-24-12-6-9-15-28(24)33)29(19-23-10-4-3-5-11-23)31(38)34-25-13-7-8-14-25/h3-6,9-12,15-18,25,29H,7-8,13-14,19-21H2,1-2H3,(H,34,38)/t29-/m1/s1. The van der Waals surface area contributed by atoms with Crippen LogP contribution in [0.3, 0.4) is 0 Å². The molecule has 1 aliphatic rings. The average molecular weight is 661 g/mol. The van der Waals surface area contributed by atoms with Crippen LogP contribution in [0.4, 0.5) is 5.69 Å². The molecule has 0 spiro atoms. The number of carbonyl (C=O) groups excluding carboxylic acids is 2. The summed E-state index contributed by atoms with van der Waals surface area (Å²) in [5.74, 6) is -0.759. The first-order chi connectivity index (χ1) is 19.5. The third kappa shape index (κ3) is 8.33. The van der Waals surface area contributed by atoms with Crippen molar-refractivity contribution in [2.75, 3.05) is 17.1 Å². The summed E-state index contributed by atoms with van der Waals surface area (Å²) >= 11 is 9.96. The van der Waals surface area contributed by atoms with Gasteiger partial charge in [0.05, 0.1) is 11.9 Å². The van der Waals surface area contributed by atoms with Gasteiger partial charge in [-0.2, -0.15) is 0 Å². The Labute approximate surface area is 256 Å². The Morgan fingerprint density at radius 3 is 2.32 bits per heavy atom. The molecule has 3 aromatic carbocycles. The van der Waals surface area contributed by atoms with Crippen LogP contribution in [-0.2, 0) is 32.6 Å². The Morgan fingerprint density at radius 1 is 1.02 bits per heavy atom. The zero-order chi connectivity index (χ0) is 29.6. The van der Waals surface area contributed by atoms with Crippen LogP contribution in [0.1, 0.15) is 42.4 Å². The molecular weight excluding hydrogens is 626 g/mol. The number of amides is 2. The smallest absolute Gasteiger partial charge is 0.244 e. The predicted molar refractivity (Wildman–Crippen MR) is 167 cm³/mol. The molecule has 1 aliphatic carbocycles. The van der Waals surface area contributed by atoms with Crippen LogP contribution < -0.4 is 9.62 Å². The number of nitrogens with zero attached hydrogens (tertiary/aromatic N) is 2. The molecule has 3 aromatic rings. The number of anilines is 1. The number of nitrogens with one attached hydrogen (secondary N) is 1. The highest BCUT2D eigenvalue weighted by atomic mass is 79.9. The van der Waals surface area contributed by atoms with Crippen molar-refractivity contribution in [3.63, 3.8) is 0 Å². The molecule has 10 heteroatoms. The number of aryl methyl sites for hydroxylation is 1. The lowest BCUT2D eigenvalue weighted by atomic mass is 10.0. The summed E-state index contributed by atoms with van der Waals surface area (Å²) in [5, 5.41) is 3.62. The summed E-state index contributed by atoms with van der Waals surface area (Å²) in [5.41, 5.74) is 2.75. The molecule has 7 nitrogen and oxygen atoms in total. The summed E-state index contributed by atoms with van der Waals surface area (Å²) in [6.45, 7) is 1.43. The van der Waals surface area contributed by atoms with E-state index in [-0.39, 0.29) is 24.9 Å². The highest BCUT2D eigenvalue weighted by Crippen LogP contribution is 2.26. The molecule has 1 N–H and O–H groups in total. The first-order valence-corrected chi connectivity index (χ1v) is 16.7. The molecule has 4 rings (SSSR count). The van der Waals surface area contributed by atoms with E-state index < -0.39 is 28.5 Å². The summed E-state index contributed by atoms with van der Waals surface area (Å²) in [6.07, 6.45) is 5.23.